The zero-order valence-corrected chi connectivity index (χ0v) is 11.8. The van der Waals surface area contributed by atoms with Gasteiger partial charge in [-0.3, -0.25) is 0 Å². The Kier molecular flexibility index (Phi) is 4.53. The summed E-state index contributed by atoms with van der Waals surface area (Å²) in [5.41, 5.74) is 0.0383. The lowest BCUT2D eigenvalue weighted by molar-refractivity contribution is 0.508. The minimum atomic E-state index is 0.0383. The average Bonchev–Trinajstić information content (AvgIpc) is 2.21. The maximum atomic E-state index is 4.38. The zero-order valence-electron chi connectivity index (χ0n) is 10.3. The van der Waals surface area contributed by atoms with Gasteiger partial charge in [-0.25, -0.2) is 4.98 Å². The summed E-state index contributed by atoms with van der Waals surface area (Å²) in [5.74, 6) is 1.45. The van der Waals surface area contributed by atoms with Crippen LogP contribution in [0.15, 0.2) is 10.7 Å². The Morgan fingerprint density at radius 3 is 2.69 bits per heavy atom. The van der Waals surface area contributed by atoms with Gasteiger partial charge in [-0.15, -0.1) is 0 Å². The third kappa shape index (κ3) is 3.63. The molecular weight excluding hydrogens is 268 g/mol. The Bertz CT molecular complexity index is 352. The number of halogens is 1. The van der Waals surface area contributed by atoms with Crippen molar-refractivity contribution in [3.63, 3.8) is 0 Å². The molecule has 0 atom stereocenters. The van der Waals surface area contributed by atoms with Crippen molar-refractivity contribution in [1.29, 1.82) is 0 Å². The molecule has 0 fully saturated rings. The van der Waals surface area contributed by atoms with Gasteiger partial charge in [0.05, 0.1) is 4.47 Å². The van der Waals surface area contributed by atoms with E-state index in [2.05, 4.69) is 57.3 Å². The Labute approximate surface area is 105 Å². The van der Waals surface area contributed by atoms with Crippen molar-refractivity contribution < 1.29 is 0 Å². The first kappa shape index (κ1) is 13.2. The first-order valence-electron chi connectivity index (χ1n) is 5.47. The van der Waals surface area contributed by atoms with Crippen molar-refractivity contribution in [2.45, 2.75) is 39.2 Å². The third-order valence-electron chi connectivity index (χ3n) is 2.30. The summed E-state index contributed by atoms with van der Waals surface area (Å²) in [6, 6.07) is 0. The minimum absolute atomic E-state index is 0.0383. The molecule has 0 spiro atoms. The van der Waals surface area contributed by atoms with Crippen LogP contribution < -0.4 is 10.6 Å². The smallest absolute Gasteiger partial charge is 0.224 e. The highest BCUT2D eigenvalue weighted by molar-refractivity contribution is 9.10. The van der Waals surface area contributed by atoms with E-state index in [1.807, 2.05) is 7.05 Å². The number of hydrogen-bond acceptors (Lipinski definition) is 4. The van der Waals surface area contributed by atoms with E-state index >= 15 is 0 Å². The summed E-state index contributed by atoms with van der Waals surface area (Å²) < 4.78 is 0.885. The first-order chi connectivity index (χ1) is 7.48. The van der Waals surface area contributed by atoms with Crippen LogP contribution in [-0.4, -0.2) is 22.6 Å². The SMILES string of the molecule is CCCC(C)(C)Nc1nc(NC)ncc1Br. The highest BCUT2D eigenvalue weighted by Crippen LogP contribution is 2.25. The lowest BCUT2D eigenvalue weighted by Gasteiger charge is -2.27. The normalized spacial score (nSPS) is 11.3. The van der Waals surface area contributed by atoms with Crippen LogP contribution in [0.25, 0.3) is 0 Å². The molecule has 1 aromatic heterocycles. The molecule has 0 bridgehead atoms. The van der Waals surface area contributed by atoms with Gasteiger partial charge < -0.3 is 10.6 Å². The third-order valence-corrected chi connectivity index (χ3v) is 2.88. The van der Waals surface area contributed by atoms with Crippen LogP contribution in [0.2, 0.25) is 0 Å². The second kappa shape index (κ2) is 5.48. The molecule has 0 radical (unpaired) electrons. The van der Waals surface area contributed by atoms with Crippen LogP contribution in [0.1, 0.15) is 33.6 Å². The molecule has 1 rings (SSSR count). The van der Waals surface area contributed by atoms with Crippen LogP contribution in [-0.2, 0) is 0 Å². The number of nitrogens with one attached hydrogen (secondary N) is 2. The zero-order chi connectivity index (χ0) is 12.2. The van der Waals surface area contributed by atoms with Gasteiger partial charge in [-0.05, 0) is 36.2 Å². The van der Waals surface area contributed by atoms with Crippen molar-refractivity contribution in [3.8, 4) is 0 Å². The Balaban J connectivity index is 2.87. The molecule has 16 heavy (non-hydrogen) atoms. The predicted molar refractivity (Wildman–Crippen MR) is 71.9 cm³/mol. The molecule has 90 valence electrons. The Morgan fingerprint density at radius 2 is 2.12 bits per heavy atom. The number of rotatable bonds is 5. The summed E-state index contributed by atoms with van der Waals surface area (Å²) in [7, 11) is 1.81. The van der Waals surface area contributed by atoms with Gasteiger partial charge >= 0.3 is 0 Å². The summed E-state index contributed by atoms with van der Waals surface area (Å²) in [6.07, 6.45) is 3.99. The van der Waals surface area contributed by atoms with Crippen molar-refractivity contribution >= 4 is 27.7 Å². The van der Waals surface area contributed by atoms with Gasteiger partial charge in [0.25, 0.3) is 0 Å². The monoisotopic (exact) mass is 286 g/mol. The van der Waals surface area contributed by atoms with Crippen LogP contribution in [0, 0.1) is 0 Å². The van der Waals surface area contributed by atoms with Crippen molar-refractivity contribution in [2.75, 3.05) is 17.7 Å². The number of hydrogen-bond donors (Lipinski definition) is 2. The standard InChI is InChI=1S/C11H19BrN4/c1-5-6-11(2,3)16-9-8(12)7-14-10(13-4)15-9/h7H,5-6H2,1-4H3,(H2,13,14,15,16). The molecule has 0 aliphatic heterocycles. The Hall–Kier alpha value is -0.840. The van der Waals surface area contributed by atoms with Gasteiger partial charge in [-0.1, -0.05) is 13.3 Å². The lowest BCUT2D eigenvalue weighted by atomic mass is 9.99. The molecule has 0 aliphatic carbocycles. The van der Waals surface area contributed by atoms with Crippen molar-refractivity contribution in [2.24, 2.45) is 0 Å². The molecular formula is C11H19BrN4. The van der Waals surface area contributed by atoms with Gasteiger partial charge in [0.2, 0.25) is 5.95 Å². The number of nitrogens with zero attached hydrogens (tertiary/aromatic N) is 2. The molecule has 1 heterocycles. The maximum absolute atomic E-state index is 4.38. The van der Waals surface area contributed by atoms with Crippen LogP contribution in [0.4, 0.5) is 11.8 Å². The molecule has 0 unspecified atom stereocenters. The van der Waals surface area contributed by atoms with E-state index in [1.165, 1.54) is 0 Å². The van der Waals surface area contributed by atoms with E-state index in [0.717, 1.165) is 23.1 Å². The van der Waals surface area contributed by atoms with Crippen LogP contribution in [0.5, 0.6) is 0 Å². The molecule has 0 saturated carbocycles. The summed E-state index contributed by atoms with van der Waals surface area (Å²) in [6.45, 7) is 6.52. The topological polar surface area (TPSA) is 49.8 Å². The fourth-order valence-corrected chi connectivity index (χ4v) is 1.87. The summed E-state index contributed by atoms with van der Waals surface area (Å²) in [5, 5.41) is 6.35. The summed E-state index contributed by atoms with van der Waals surface area (Å²) >= 11 is 3.45. The van der Waals surface area contributed by atoms with E-state index < -0.39 is 0 Å². The average molecular weight is 287 g/mol. The second-order valence-corrected chi connectivity index (χ2v) is 5.25. The molecule has 4 nitrogen and oxygen atoms in total. The van der Waals surface area contributed by atoms with E-state index in [1.54, 1.807) is 6.20 Å². The quantitative estimate of drug-likeness (QED) is 0.872. The molecule has 1 aromatic rings. The molecule has 0 aliphatic rings. The molecule has 0 aromatic carbocycles. The van der Waals surface area contributed by atoms with E-state index in [-0.39, 0.29) is 5.54 Å². The van der Waals surface area contributed by atoms with Gasteiger partial charge in [0, 0.05) is 18.8 Å². The predicted octanol–water partition coefficient (Wildman–Crippen LogP) is 3.27. The van der Waals surface area contributed by atoms with Gasteiger partial charge in [0.15, 0.2) is 0 Å². The van der Waals surface area contributed by atoms with Gasteiger partial charge in [-0.2, -0.15) is 4.98 Å². The van der Waals surface area contributed by atoms with Crippen molar-refractivity contribution in [3.05, 3.63) is 10.7 Å². The van der Waals surface area contributed by atoms with E-state index in [4.69, 9.17) is 0 Å². The van der Waals surface area contributed by atoms with Gasteiger partial charge in [0.1, 0.15) is 5.82 Å². The number of aromatic nitrogens is 2. The fourth-order valence-electron chi connectivity index (χ4n) is 1.58. The summed E-state index contributed by atoms with van der Waals surface area (Å²) in [4.78, 5) is 8.50. The number of anilines is 2. The highest BCUT2D eigenvalue weighted by Gasteiger charge is 2.18. The second-order valence-electron chi connectivity index (χ2n) is 4.40. The highest BCUT2D eigenvalue weighted by atomic mass is 79.9. The molecule has 0 saturated heterocycles. The van der Waals surface area contributed by atoms with Crippen LogP contribution >= 0.6 is 15.9 Å². The fraction of sp³-hybridized carbons (Fsp3) is 0.636. The maximum Gasteiger partial charge on any atom is 0.224 e. The van der Waals surface area contributed by atoms with Crippen LogP contribution in [0.3, 0.4) is 0 Å². The Morgan fingerprint density at radius 1 is 1.44 bits per heavy atom. The molecule has 2 N–H and O–H groups in total. The van der Waals surface area contributed by atoms with E-state index in [0.29, 0.717) is 5.95 Å². The first-order valence-corrected chi connectivity index (χ1v) is 6.26. The molecule has 5 heteroatoms. The molecule has 0 amide bonds. The van der Waals surface area contributed by atoms with E-state index in [9.17, 15) is 0 Å². The lowest BCUT2D eigenvalue weighted by Crippen LogP contribution is -2.31. The van der Waals surface area contributed by atoms with Crippen molar-refractivity contribution in [1.82, 2.24) is 9.97 Å². The minimum Gasteiger partial charge on any atom is -0.364 e. The largest absolute Gasteiger partial charge is 0.364 e.